The predicted molar refractivity (Wildman–Crippen MR) is 93.8 cm³/mol. The second-order valence-corrected chi connectivity index (χ2v) is 5.59. The highest BCUT2D eigenvalue weighted by atomic mass is 16.5. The number of ether oxygens (including phenoxy) is 1. The first-order valence-corrected chi connectivity index (χ1v) is 8.85. The Morgan fingerprint density at radius 1 is 1.13 bits per heavy atom. The number of carbonyl (C=O) groups excluding carboxylic acids is 1. The summed E-state index contributed by atoms with van der Waals surface area (Å²) in [6.45, 7) is 11.8. The van der Waals surface area contributed by atoms with Crippen molar-refractivity contribution in [2.24, 2.45) is 4.99 Å². The Bertz CT molecular complexity index is 343. The molecule has 0 aromatic heterocycles. The lowest BCUT2D eigenvalue weighted by molar-refractivity contribution is -0.120. The Kier molecular flexibility index (Phi) is 11.3. The molecule has 0 radical (unpaired) electrons. The molecular weight excluding hydrogens is 294 g/mol. The first kappa shape index (κ1) is 19.7. The van der Waals surface area contributed by atoms with E-state index in [4.69, 9.17) is 4.74 Å². The van der Waals surface area contributed by atoms with Crippen molar-refractivity contribution in [1.82, 2.24) is 20.9 Å². The van der Waals surface area contributed by atoms with Gasteiger partial charge in [0.1, 0.15) is 0 Å². The van der Waals surface area contributed by atoms with Gasteiger partial charge in [-0.15, -0.1) is 0 Å². The third-order valence-corrected chi connectivity index (χ3v) is 3.57. The summed E-state index contributed by atoms with van der Waals surface area (Å²) >= 11 is 0. The van der Waals surface area contributed by atoms with Crippen LogP contribution in [0.2, 0.25) is 0 Å². The number of hydrogen-bond acceptors (Lipinski definition) is 4. The summed E-state index contributed by atoms with van der Waals surface area (Å²) in [5.41, 5.74) is 0. The van der Waals surface area contributed by atoms with E-state index in [0.717, 1.165) is 71.3 Å². The minimum atomic E-state index is 0.0857. The van der Waals surface area contributed by atoms with Gasteiger partial charge in [-0.25, -0.2) is 0 Å². The quantitative estimate of drug-likeness (QED) is 0.303. The Labute approximate surface area is 140 Å². The Morgan fingerprint density at radius 2 is 1.91 bits per heavy atom. The van der Waals surface area contributed by atoms with Gasteiger partial charge in [-0.3, -0.25) is 14.7 Å². The molecule has 23 heavy (non-hydrogen) atoms. The number of morpholine rings is 1. The normalized spacial score (nSPS) is 16.2. The van der Waals surface area contributed by atoms with Crippen molar-refractivity contribution in [3.63, 3.8) is 0 Å². The van der Waals surface area contributed by atoms with Gasteiger partial charge in [0, 0.05) is 52.2 Å². The zero-order valence-electron chi connectivity index (χ0n) is 14.7. The highest BCUT2D eigenvalue weighted by molar-refractivity contribution is 5.81. The number of nitrogens with one attached hydrogen (secondary N) is 3. The number of aliphatic imine (C=N–C) groups is 1. The van der Waals surface area contributed by atoms with Crippen LogP contribution in [0.5, 0.6) is 0 Å². The second kappa shape index (κ2) is 13.1. The summed E-state index contributed by atoms with van der Waals surface area (Å²) in [7, 11) is 0. The van der Waals surface area contributed by atoms with E-state index in [0.29, 0.717) is 13.0 Å². The third kappa shape index (κ3) is 10.1. The molecule has 0 aliphatic carbocycles. The Hall–Kier alpha value is -1.34. The molecule has 1 saturated heterocycles. The molecule has 1 aliphatic heterocycles. The molecule has 1 heterocycles. The van der Waals surface area contributed by atoms with Crippen molar-refractivity contribution in [3.8, 4) is 0 Å². The van der Waals surface area contributed by atoms with E-state index >= 15 is 0 Å². The molecule has 3 N–H and O–H groups in total. The van der Waals surface area contributed by atoms with Gasteiger partial charge in [0.15, 0.2) is 5.96 Å². The fourth-order valence-corrected chi connectivity index (χ4v) is 2.30. The van der Waals surface area contributed by atoms with Crippen molar-refractivity contribution in [3.05, 3.63) is 0 Å². The maximum Gasteiger partial charge on any atom is 0.221 e. The van der Waals surface area contributed by atoms with Crippen LogP contribution in [-0.2, 0) is 9.53 Å². The van der Waals surface area contributed by atoms with Crippen molar-refractivity contribution in [2.45, 2.75) is 33.1 Å². The van der Waals surface area contributed by atoms with Crippen LogP contribution in [0, 0.1) is 0 Å². The molecule has 1 rings (SSSR count). The van der Waals surface area contributed by atoms with Crippen LogP contribution in [-0.4, -0.2) is 75.8 Å². The predicted octanol–water partition coefficient (Wildman–Crippen LogP) is 0.180. The van der Waals surface area contributed by atoms with E-state index in [9.17, 15) is 4.79 Å². The Morgan fingerprint density at radius 3 is 2.61 bits per heavy atom. The molecule has 0 unspecified atom stereocenters. The molecule has 1 aliphatic rings. The second-order valence-electron chi connectivity index (χ2n) is 5.59. The molecule has 0 saturated carbocycles. The number of amides is 1. The fraction of sp³-hybridized carbons (Fsp3) is 0.875. The molecule has 0 aromatic carbocycles. The largest absolute Gasteiger partial charge is 0.379 e. The molecule has 0 atom stereocenters. The minimum Gasteiger partial charge on any atom is -0.379 e. The SMILES string of the molecule is CCCNC(=O)CCNC(=NCCCN1CCOCC1)NCC. The zero-order valence-corrected chi connectivity index (χ0v) is 14.7. The van der Waals surface area contributed by atoms with E-state index in [1.165, 1.54) is 0 Å². The number of guanidine groups is 1. The first-order chi connectivity index (χ1) is 11.3. The van der Waals surface area contributed by atoms with Gasteiger partial charge in [0.25, 0.3) is 0 Å². The standard InChI is InChI=1S/C16H33N5O2/c1-3-7-18-15(22)6-9-20-16(17-4-2)19-8-5-10-21-11-13-23-14-12-21/h3-14H2,1-2H3,(H,18,22)(H2,17,19,20). The summed E-state index contributed by atoms with van der Waals surface area (Å²) in [5.74, 6) is 0.875. The van der Waals surface area contributed by atoms with Crippen LogP contribution in [0.3, 0.4) is 0 Å². The summed E-state index contributed by atoms with van der Waals surface area (Å²) in [4.78, 5) is 18.5. The van der Waals surface area contributed by atoms with Gasteiger partial charge >= 0.3 is 0 Å². The number of hydrogen-bond donors (Lipinski definition) is 3. The van der Waals surface area contributed by atoms with Crippen molar-refractivity contribution in [1.29, 1.82) is 0 Å². The van der Waals surface area contributed by atoms with Crippen LogP contribution < -0.4 is 16.0 Å². The van der Waals surface area contributed by atoms with Crippen LogP contribution in [0.4, 0.5) is 0 Å². The number of carbonyl (C=O) groups is 1. The molecule has 134 valence electrons. The van der Waals surface area contributed by atoms with Gasteiger partial charge in [-0.2, -0.15) is 0 Å². The topological polar surface area (TPSA) is 78.0 Å². The lowest BCUT2D eigenvalue weighted by Gasteiger charge is -2.26. The van der Waals surface area contributed by atoms with Gasteiger partial charge in [-0.05, 0) is 19.8 Å². The lowest BCUT2D eigenvalue weighted by Crippen LogP contribution is -2.40. The number of rotatable bonds is 10. The highest BCUT2D eigenvalue weighted by Crippen LogP contribution is 1.98. The first-order valence-electron chi connectivity index (χ1n) is 8.85. The van der Waals surface area contributed by atoms with Crippen molar-refractivity contribution >= 4 is 11.9 Å². The van der Waals surface area contributed by atoms with E-state index in [-0.39, 0.29) is 5.91 Å². The van der Waals surface area contributed by atoms with Crippen molar-refractivity contribution < 1.29 is 9.53 Å². The minimum absolute atomic E-state index is 0.0857. The lowest BCUT2D eigenvalue weighted by atomic mass is 10.3. The maximum absolute atomic E-state index is 11.5. The zero-order chi connectivity index (χ0) is 16.8. The van der Waals surface area contributed by atoms with E-state index in [1.54, 1.807) is 0 Å². The molecule has 0 aromatic rings. The molecule has 0 spiro atoms. The highest BCUT2D eigenvalue weighted by Gasteiger charge is 2.09. The summed E-state index contributed by atoms with van der Waals surface area (Å²) in [6, 6.07) is 0. The molecule has 1 amide bonds. The van der Waals surface area contributed by atoms with E-state index < -0.39 is 0 Å². The molecule has 1 fully saturated rings. The van der Waals surface area contributed by atoms with Gasteiger partial charge < -0.3 is 20.7 Å². The van der Waals surface area contributed by atoms with Crippen LogP contribution in [0.1, 0.15) is 33.1 Å². The van der Waals surface area contributed by atoms with Gasteiger partial charge in [0.2, 0.25) is 5.91 Å². The van der Waals surface area contributed by atoms with Crippen LogP contribution in [0.25, 0.3) is 0 Å². The smallest absolute Gasteiger partial charge is 0.221 e. The molecule has 7 heteroatoms. The number of nitrogens with zero attached hydrogens (tertiary/aromatic N) is 2. The average molecular weight is 327 g/mol. The van der Waals surface area contributed by atoms with Crippen molar-refractivity contribution in [2.75, 3.05) is 59.0 Å². The fourth-order valence-electron chi connectivity index (χ4n) is 2.30. The van der Waals surface area contributed by atoms with E-state index in [2.05, 4.69) is 25.8 Å². The summed E-state index contributed by atoms with van der Waals surface area (Å²) < 4.78 is 5.34. The van der Waals surface area contributed by atoms with Gasteiger partial charge in [-0.1, -0.05) is 6.92 Å². The average Bonchev–Trinajstić information content (AvgIpc) is 2.57. The molecule has 0 bridgehead atoms. The van der Waals surface area contributed by atoms with Gasteiger partial charge in [0.05, 0.1) is 13.2 Å². The molecular formula is C16H33N5O2. The maximum atomic E-state index is 11.5. The summed E-state index contributed by atoms with van der Waals surface area (Å²) in [5, 5.41) is 9.29. The van der Waals surface area contributed by atoms with Crippen LogP contribution >= 0.6 is 0 Å². The summed E-state index contributed by atoms with van der Waals surface area (Å²) in [6.07, 6.45) is 2.47. The monoisotopic (exact) mass is 327 g/mol. The molecule has 7 nitrogen and oxygen atoms in total. The van der Waals surface area contributed by atoms with Crippen LogP contribution in [0.15, 0.2) is 4.99 Å². The third-order valence-electron chi connectivity index (χ3n) is 3.57. The van der Waals surface area contributed by atoms with E-state index in [1.807, 2.05) is 13.8 Å². The Balaban J connectivity index is 2.17.